The molecular weight excluding hydrogens is 254 g/mol. The zero-order chi connectivity index (χ0) is 13.7. The summed E-state index contributed by atoms with van der Waals surface area (Å²) in [5, 5.41) is 3.69. The van der Waals surface area contributed by atoms with Gasteiger partial charge in [-0.25, -0.2) is 0 Å². The van der Waals surface area contributed by atoms with Gasteiger partial charge in [0, 0.05) is 17.3 Å². The first-order chi connectivity index (χ1) is 9.11. The van der Waals surface area contributed by atoms with Crippen LogP contribution in [0, 0.1) is 0 Å². The number of benzene rings is 1. The Balaban J connectivity index is 1.78. The van der Waals surface area contributed by atoms with Gasteiger partial charge in [-0.1, -0.05) is 12.1 Å². The largest absolute Gasteiger partial charge is 0.497 e. The summed E-state index contributed by atoms with van der Waals surface area (Å²) in [6.45, 7) is 5.78. The maximum Gasteiger partial charge on any atom is 0.118 e. The van der Waals surface area contributed by atoms with Crippen molar-refractivity contribution in [1.29, 1.82) is 0 Å². The first-order valence-corrected chi connectivity index (χ1v) is 8.10. The van der Waals surface area contributed by atoms with Crippen LogP contribution in [0.5, 0.6) is 5.75 Å². The maximum atomic E-state index is 5.18. The summed E-state index contributed by atoms with van der Waals surface area (Å²) in [6, 6.07) is 8.91. The van der Waals surface area contributed by atoms with Gasteiger partial charge in [0.2, 0.25) is 0 Å². The molecule has 2 rings (SSSR count). The van der Waals surface area contributed by atoms with Gasteiger partial charge in [0.1, 0.15) is 5.75 Å². The molecule has 1 aromatic rings. The van der Waals surface area contributed by atoms with Crippen LogP contribution >= 0.6 is 11.8 Å². The second-order valence-electron chi connectivity index (χ2n) is 5.74. The summed E-state index contributed by atoms with van der Waals surface area (Å²) in [5.41, 5.74) is 1.37. The molecule has 19 heavy (non-hydrogen) atoms. The van der Waals surface area contributed by atoms with Crippen molar-refractivity contribution in [3.63, 3.8) is 0 Å². The Hall–Kier alpha value is -0.670. The molecule has 1 saturated heterocycles. The molecule has 1 aliphatic heterocycles. The van der Waals surface area contributed by atoms with Crippen molar-refractivity contribution in [3.8, 4) is 5.75 Å². The van der Waals surface area contributed by atoms with Gasteiger partial charge < -0.3 is 10.1 Å². The summed E-state index contributed by atoms with van der Waals surface area (Å²) in [4.78, 5) is 0. The van der Waals surface area contributed by atoms with Gasteiger partial charge in [0.25, 0.3) is 0 Å². The Morgan fingerprint density at radius 1 is 1.37 bits per heavy atom. The molecule has 0 amide bonds. The molecule has 0 aromatic heterocycles. The topological polar surface area (TPSA) is 21.3 Å². The van der Waals surface area contributed by atoms with Gasteiger partial charge in [0.15, 0.2) is 0 Å². The molecule has 1 aromatic carbocycles. The molecule has 2 nitrogen and oxygen atoms in total. The van der Waals surface area contributed by atoms with Crippen LogP contribution < -0.4 is 10.1 Å². The number of thioether (sulfide) groups is 1. The molecule has 0 aliphatic carbocycles. The van der Waals surface area contributed by atoms with Gasteiger partial charge in [-0.05, 0) is 56.6 Å². The smallest absolute Gasteiger partial charge is 0.118 e. The Bertz CT molecular complexity index is 384. The van der Waals surface area contributed by atoms with E-state index in [1.54, 1.807) is 7.11 Å². The Labute approximate surface area is 121 Å². The predicted octanol–water partition coefficient (Wildman–Crippen LogP) is 3.50. The van der Waals surface area contributed by atoms with Crippen LogP contribution in [0.2, 0.25) is 0 Å². The number of methoxy groups -OCH3 is 1. The average Bonchev–Trinajstić information content (AvgIpc) is 2.85. The van der Waals surface area contributed by atoms with Crippen molar-refractivity contribution in [3.05, 3.63) is 29.8 Å². The van der Waals surface area contributed by atoms with Gasteiger partial charge >= 0.3 is 0 Å². The van der Waals surface area contributed by atoms with Gasteiger partial charge in [-0.2, -0.15) is 11.8 Å². The number of ether oxygens (including phenoxy) is 1. The van der Waals surface area contributed by atoms with E-state index in [-0.39, 0.29) is 0 Å². The first-order valence-electron chi connectivity index (χ1n) is 7.12. The van der Waals surface area contributed by atoms with Crippen molar-refractivity contribution in [2.45, 2.75) is 43.9 Å². The van der Waals surface area contributed by atoms with Gasteiger partial charge in [-0.3, -0.25) is 0 Å². The molecular formula is C16H25NOS. The van der Waals surface area contributed by atoms with Crippen LogP contribution in [0.1, 0.15) is 32.3 Å². The van der Waals surface area contributed by atoms with Crippen LogP contribution in [0.25, 0.3) is 0 Å². The monoisotopic (exact) mass is 279 g/mol. The van der Waals surface area contributed by atoms with E-state index in [0.29, 0.717) is 10.8 Å². The van der Waals surface area contributed by atoms with Gasteiger partial charge in [0.05, 0.1) is 7.11 Å². The third-order valence-corrected chi connectivity index (χ3v) is 5.36. The highest BCUT2D eigenvalue weighted by molar-refractivity contribution is 8.00. The van der Waals surface area contributed by atoms with Crippen LogP contribution in [0.4, 0.5) is 0 Å². The zero-order valence-electron chi connectivity index (χ0n) is 12.2. The van der Waals surface area contributed by atoms with E-state index < -0.39 is 0 Å². The summed E-state index contributed by atoms with van der Waals surface area (Å²) < 4.78 is 5.64. The minimum atomic E-state index is 0.453. The minimum Gasteiger partial charge on any atom is -0.497 e. The fourth-order valence-electron chi connectivity index (χ4n) is 2.55. The van der Waals surface area contributed by atoms with E-state index in [4.69, 9.17) is 4.74 Å². The first kappa shape index (κ1) is 14.7. The van der Waals surface area contributed by atoms with E-state index in [1.807, 2.05) is 12.1 Å². The third kappa shape index (κ3) is 4.43. The molecule has 0 spiro atoms. The predicted molar refractivity (Wildman–Crippen MR) is 84.3 cm³/mol. The van der Waals surface area contributed by atoms with Crippen molar-refractivity contribution < 1.29 is 4.74 Å². The van der Waals surface area contributed by atoms with E-state index in [0.717, 1.165) is 18.7 Å². The van der Waals surface area contributed by atoms with E-state index in [2.05, 4.69) is 43.1 Å². The van der Waals surface area contributed by atoms with E-state index >= 15 is 0 Å². The normalized spacial score (nSPS) is 24.4. The molecule has 1 N–H and O–H groups in total. The second-order valence-corrected chi connectivity index (χ2v) is 7.42. The Kier molecular flexibility index (Phi) is 5.17. The fourth-order valence-corrected chi connectivity index (χ4v) is 3.81. The Morgan fingerprint density at radius 3 is 2.68 bits per heavy atom. The molecule has 1 heterocycles. The molecule has 3 heteroatoms. The highest BCUT2D eigenvalue weighted by atomic mass is 32.2. The minimum absolute atomic E-state index is 0.453. The number of rotatable bonds is 6. The Morgan fingerprint density at radius 2 is 2.11 bits per heavy atom. The van der Waals surface area contributed by atoms with Crippen LogP contribution in [-0.2, 0) is 6.42 Å². The zero-order valence-corrected chi connectivity index (χ0v) is 13.1. The van der Waals surface area contributed by atoms with Crippen molar-refractivity contribution in [1.82, 2.24) is 5.32 Å². The SMILES string of the molecule is COc1ccc(CC(C)NCC2(C)CCCS2)cc1. The quantitative estimate of drug-likeness (QED) is 0.861. The molecule has 106 valence electrons. The van der Waals surface area contributed by atoms with Crippen molar-refractivity contribution in [2.75, 3.05) is 19.4 Å². The van der Waals surface area contributed by atoms with Crippen molar-refractivity contribution >= 4 is 11.8 Å². The highest BCUT2D eigenvalue weighted by Crippen LogP contribution is 2.37. The van der Waals surface area contributed by atoms with Crippen molar-refractivity contribution in [2.24, 2.45) is 0 Å². The fraction of sp³-hybridized carbons (Fsp3) is 0.625. The summed E-state index contributed by atoms with van der Waals surface area (Å²) in [7, 11) is 1.71. The highest BCUT2D eigenvalue weighted by Gasteiger charge is 2.29. The summed E-state index contributed by atoms with van der Waals surface area (Å²) in [6.07, 6.45) is 3.79. The third-order valence-electron chi connectivity index (χ3n) is 3.83. The lowest BCUT2D eigenvalue weighted by Crippen LogP contribution is -2.38. The van der Waals surface area contributed by atoms with E-state index in [9.17, 15) is 0 Å². The molecule has 2 atom stereocenters. The molecule has 0 saturated carbocycles. The standard InChI is InChI=1S/C16H25NOS/c1-13(17-12-16(2)9-4-10-19-16)11-14-5-7-15(18-3)8-6-14/h5-8,13,17H,4,9-12H2,1-3H3. The molecule has 1 aliphatic rings. The van der Waals surface area contributed by atoms with Crippen LogP contribution in [-0.4, -0.2) is 30.2 Å². The number of hydrogen-bond acceptors (Lipinski definition) is 3. The lowest BCUT2D eigenvalue weighted by molar-refractivity contribution is 0.414. The molecule has 1 fully saturated rings. The van der Waals surface area contributed by atoms with Gasteiger partial charge in [-0.15, -0.1) is 0 Å². The number of hydrogen-bond donors (Lipinski definition) is 1. The number of nitrogens with one attached hydrogen (secondary N) is 1. The summed E-state index contributed by atoms with van der Waals surface area (Å²) in [5.74, 6) is 2.25. The van der Waals surface area contributed by atoms with Crippen LogP contribution in [0.15, 0.2) is 24.3 Å². The van der Waals surface area contributed by atoms with Crippen LogP contribution in [0.3, 0.4) is 0 Å². The summed E-state index contributed by atoms with van der Waals surface area (Å²) >= 11 is 2.12. The lowest BCUT2D eigenvalue weighted by Gasteiger charge is -2.25. The molecule has 0 radical (unpaired) electrons. The van der Waals surface area contributed by atoms with E-state index in [1.165, 1.54) is 24.2 Å². The molecule has 0 bridgehead atoms. The maximum absolute atomic E-state index is 5.18. The average molecular weight is 279 g/mol. The second kappa shape index (κ2) is 6.67. The lowest BCUT2D eigenvalue weighted by atomic mass is 10.0. The molecule has 2 unspecified atom stereocenters.